The van der Waals surface area contributed by atoms with Crippen molar-refractivity contribution in [3.8, 4) is 5.88 Å². The molecule has 0 spiro atoms. The normalized spacial score (nSPS) is 19.6. The van der Waals surface area contributed by atoms with Crippen LogP contribution in [-0.2, 0) is 0 Å². The fourth-order valence-electron chi connectivity index (χ4n) is 2.48. The molecule has 1 unspecified atom stereocenters. The summed E-state index contributed by atoms with van der Waals surface area (Å²) >= 11 is 0. The number of ether oxygens (including phenoxy) is 1. The highest BCUT2D eigenvalue weighted by Gasteiger charge is 2.21. The van der Waals surface area contributed by atoms with Gasteiger partial charge in [-0.2, -0.15) is 4.98 Å². The van der Waals surface area contributed by atoms with Crippen molar-refractivity contribution >= 4 is 5.82 Å². The molecule has 0 radical (unpaired) electrons. The zero-order chi connectivity index (χ0) is 13.0. The molecule has 2 rings (SSSR count). The van der Waals surface area contributed by atoms with Gasteiger partial charge in [0.05, 0.1) is 7.11 Å². The summed E-state index contributed by atoms with van der Waals surface area (Å²) in [6.45, 7) is 7.17. The fourth-order valence-corrected chi connectivity index (χ4v) is 2.48. The summed E-state index contributed by atoms with van der Waals surface area (Å²) in [6.07, 6.45) is 2.44. The lowest BCUT2D eigenvalue weighted by molar-refractivity contribution is 0.393. The number of anilines is 1. The molecule has 1 fully saturated rings. The highest BCUT2D eigenvalue weighted by Crippen LogP contribution is 2.21. The van der Waals surface area contributed by atoms with Gasteiger partial charge in [0, 0.05) is 25.2 Å². The molecule has 1 aliphatic heterocycles. The molecule has 1 atom stereocenters. The monoisotopic (exact) mass is 250 g/mol. The van der Waals surface area contributed by atoms with E-state index in [9.17, 15) is 0 Å². The average molecular weight is 250 g/mol. The number of rotatable bonds is 4. The van der Waals surface area contributed by atoms with Crippen LogP contribution in [0, 0.1) is 6.92 Å². The van der Waals surface area contributed by atoms with Crippen molar-refractivity contribution in [1.82, 2.24) is 15.3 Å². The van der Waals surface area contributed by atoms with Gasteiger partial charge in [0.2, 0.25) is 5.88 Å². The number of hydrogen-bond donors (Lipinski definition) is 1. The van der Waals surface area contributed by atoms with Gasteiger partial charge in [-0.15, -0.1) is 0 Å². The van der Waals surface area contributed by atoms with Crippen molar-refractivity contribution in [1.29, 1.82) is 0 Å². The Morgan fingerprint density at radius 2 is 2.33 bits per heavy atom. The van der Waals surface area contributed by atoms with Crippen LogP contribution in [0.2, 0.25) is 0 Å². The van der Waals surface area contributed by atoms with Gasteiger partial charge >= 0.3 is 0 Å². The molecule has 0 aliphatic carbocycles. The maximum Gasteiger partial charge on any atom is 0.218 e. The van der Waals surface area contributed by atoms with E-state index >= 15 is 0 Å². The first kappa shape index (κ1) is 13.1. The van der Waals surface area contributed by atoms with Crippen molar-refractivity contribution < 1.29 is 4.74 Å². The first-order valence-electron chi connectivity index (χ1n) is 6.61. The molecule has 1 N–H and O–H groups in total. The number of nitrogens with zero attached hydrogens (tertiary/aromatic N) is 3. The smallest absolute Gasteiger partial charge is 0.218 e. The lowest BCUT2D eigenvalue weighted by atomic mass is 10.1. The predicted octanol–water partition coefficient (Wildman–Crippen LogP) is 1.37. The molecule has 0 saturated carbocycles. The van der Waals surface area contributed by atoms with Gasteiger partial charge < -0.3 is 15.0 Å². The third kappa shape index (κ3) is 2.90. The van der Waals surface area contributed by atoms with E-state index in [0.717, 1.165) is 31.3 Å². The van der Waals surface area contributed by atoms with Crippen LogP contribution in [0.25, 0.3) is 0 Å². The van der Waals surface area contributed by atoms with Gasteiger partial charge in [-0.05, 0) is 33.2 Å². The third-order valence-corrected chi connectivity index (χ3v) is 3.36. The Labute approximate surface area is 109 Å². The van der Waals surface area contributed by atoms with E-state index < -0.39 is 0 Å². The van der Waals surface area contributed by atoms with Crippen molar-refractivity contribution in [2.75, 3.05) is 31.6 Å². The number of methoxy groups -OCH3 is 1. The Bertz CT molecular complexity index is 391. The summed E-state index contributed by atoms with van der Waals surface area (Å²) in [5.41, 5.74) is 0. The SMILES string of the molecule is CCN(c1cc(OC)nc(C)n1)C1CCCNC1. The first-order chi connectivity index (χ1) is 8.74. The Hall–Kier alpha value is -1.36. The van der Waals surface area contributed by atoms with Crippen molar-refractivity contribution in [3.63, 3.8) is 0 Å². The molecule has 5 heteroatoms. The van der Waals surface area contributed by atoms with Crippen LogP contribution in [0.3, 0.4) is 0 Å². The molecule has 0 amide bonds. The summed E-state index contributed by atoms with van der Waals surface area (Å²) < 4.78 is 5.22. The van der Waals surface area contributed by atoms with E-state index in [1.165, 1.54) is 12.8 Å². The van der Waals surface area contributed by atoms with Crippen LogP contribution in [0.5, 0.6) is 5.88 Å². The van der Waals surface area contributed by atoms with Gasteiger partial charge in [-0.1, -0.05) is 0 Å². The van der Waals surface area contributed by atoms with Crippen LogP contribution < -0.4 is 15.0 Å². The second-order valence-electron chi connectivity index (χ2n) is 4.60. The molecule has 1 aromatic heterocycles. The highest BCUT2D eigenvalue weighted by molar-refractivity contribution is 5.43. The van der Waals surface area contributed by atoms with Gasteiger partial charge in [-0.3, -0.25) is 0 Å². The number of hydrogen-bond acceptors (Lipinski definition) is 5. The van der Waals surface area contributed by atoms with E-state index in [0.29, 0.717) is 11.9 Å². The number of aryl methyl sites for hydroxylation is 1. The molecule has 5 nitrogen and oxygen atoms in total. The maximum atomic E-state index is 5.22. The van der Waals surface area contributed by atoms with Gasteiger partial charge in [0.1, 0.15) is 11.6 Å². The summed E-state index contributed by atoms with van der Waals surface area (Å²) in [6, 6.07) is 2.44. The lowest BCUT2D eigenvalue weighted by Gasteiger charge is -2.34. The molecule has 1 aliphatic rings. The Morgan fingerprint density at radius 1 is 1.50 bits per heavy atom. The first-order valence-corrected chi connectivity index (χ1v) is 6.61. The van der Waals surface area contributed by atoms with Crippen LogP contribution in [-0.4, -0.2) is 42.8 Å². The Balaban J connectivity index is 2.22. The maximum absolute atomic E-state index is 5.22. The van der Waals surface area contributed by atoms with E-state index in [-0.39, 0.29) is 0 Å². The number of piperidine rings is 1. The average Bonchev–Trinajstić information content (AvgIpc) is 2.40. The molecular formula is C13H22N4O. The van der Waals surface area contributed by atoms with Crippen LogP contribution in [0.4, 0.5) is 5.82 Å². The summed E-state index contributed by atoms with van der Waals surface area (Å²) in [5.74, 6) is 2.36. The highest BCUT2D eigenvalue weighted by atomic mass is 16.5. The molecule has 18 heavy (non-hydrogen) atoms. The van der Waals surface area contributed by atoms with Crippen molar-refractivity contribution in [2.24, 2.45) is 0 Å². The minimum Gasteiger partial charge on any atom is -0.481 e. The van der Waals surface area contributed by atoms with Gasteiger partial charge in [-0.25, -0.2) is 4.98 Å². The number of nitrogens with one attached hydrogen (secondary N) is 1. The molecular weight excluding hydrogens is 228 g/mol. The zero-order valence-corrected chi connectivity index (χ0v) is 11.4. The van der Waals surface area contributed by atoms with E-state index in [4.69, 9.17) is 4.74 Å². The molecule has 0 bridgehead atoms. The molecule has 1 aromatic rings. The van der Waals surface area contributed by atoms with E-state index in [2.05, 4.69) is 27.1 Å². The molecule has 1 saturated heterocycles. The largest absolute Gasteiger partial charge is 0.481 e. The quantitative estimate of drug-likeness (QED) is 0.874. The summed E-state index contributed by atoms with van der Waals surface area (Å²) in [4.78, 5) is 11.1. The topological polar surface area (TPSA) is 50.3 Å². The minimum atomic E-state index is 0.516. The molecule has 0 aromatic carbocycles. The van der Waals surface area contributed by atoms with Crippen LogP contribution in [0.1, 0.15) is 25.6 Å². The van der Waals surface area contributed by atoms with Gasteiger partial charge in [0.25, 0.3) is 0 Å². The molecule has 2 heterocycles. The minimum absolute atomic E-state index is 0.516. The lowest BCUT2D eigenvalue weighted by Crippen LogP contribution is -2.46. The van der Waals surface area contributed by atoms with Crippen LogP contribution in [0.15, 0.2) is 6.07 Å². The van der Waals surface area contributed by atoms with Crippen molar-refractivity contribution in [3.05, 3.63) is 11.9 Å². The Kier molecular flexibility index (Phi) is 4.36. The Morgan fingerprint density at radius 3 is 2.94 bits per heavy atom. The fraction of sp³-hybridized carbons (Fsp3) is 0.692. The van der Waals surface area contributed by atoms with Gasteiger partial charge in [0.15, 0.2) is 0 Å². The molecule has 100 valence electrons. The second-order valence-corrected chi connectivity index (χ2v) is 4.60. The summed E-state index contributed by atoms with van der Waals surface area (Å²) in [5, 5.41) is 3.45. The number of likely N-dealkylation sites (N-methyl/N-ethyl adjacent to an activating group) is 1. The van der Waals surface area contributed by atoms with Crippen molar-refractivity contribution in [2.45, 2.75) is 32.7 Å². The zero-order valence-electron chi connectivity index (χ0n) is 11.4. The van der Waals surface area contributed by atoms with E-state index in [1.54, 1.807) is 7.11 Å². The van der Waals surface area contributed by atoms with Crippen LogP contribution >= 0.6 is 0 Å². The third-order valence-electron chi connectivity index (χ3n) is 3.36. The summed E-state index contributed by atoms with van der Waals surface area (Å²) in [7, 11) is 1.64. The second kappa shape index (κ2) is 6.00. The standard InChI is InChI=1S/C13H22N4O/c1-4-17(11-6-5-7-14-9-11)12-8-13(18-3)16-10(2)15-12/h8,11,14H,4-7,9H2,1-3H3. The van der Waals surface area contributed by atoms with E-state index in [1.807, 2.05) is 13.0 Å². The predicted molar refractivity (Wildman–Crippen MR) is 72.2 cm³/mol. The number of aromatic nitrogens is 2.